The highest BCUT2D eigenvalue weighted by Crippen LogP contribution is 2.18. The van der Waals surface area contributed by atoms with Crippen molar-refractivity contribution >= 4 is 0 Å². The lowest BCUT2D eigenvalue weighted by molar-refractivity contribution is 0.258. The van der Waals surface area contributed by atoms with Crippen LogP contribution in [-0.2, 0) is 0 Å². The van der Waals surface area contributed by atoms with Gasteiger partial charge in [0.05, 0.1) is 18.4 Å². The van der Waals surface area contributed by atoms with Gasteiger partial charge in [-0.1, -0.05) is 5.16 Å². The minimum absolute atomic E-state index is 0.507. The SMILES string of the molecule is COc1onc(C)c1C. The second kappa shape index (κ2) is 2.09. The maximum atomic E-state index is 4.84. The predicted molar refractivity (Wildman–Crippen MR) is 32.5 cm³/mol. The molecule has 0 atom stereocenters. The van der Waals surface area contributed by atoms with Crippen LogP contribution in [0.3, 0.4) is 0 Å². The fraction of sp³-hybridized carbons (Fsp3) is 0.500. The highest BCUT2D eigenvalue weighted by atomic mass is 16.6. The Morgan fingerprint density at radius 3 is 2.33 bits per heavy atom. The zero-order valence-electron chi connectivity index (χ0n) is 5.76. The molecule has 1 heterocycles. The van der Waals surface area contributed by atoms with Gasteiger partial charge in [-0.05, 0) is 13.8 Å². The van der Waals surface area contributed by atoms with E-state index in [1.165, 1.54) is 0 Å². The zero-order valence-corrected chi connectivity index (χ0v) is 5.76. The van der Waals surface area contributed by atoms with E-state index in [-0.39, 0.29) is 0 Å². The maximum Gasteiger partial charge on any atom is 0.314 e. The average Bonchev–Trinajstić information content (AvgIpc) is 2.15. The molecule has 0 aliphatic heterocycles. The van der Waals surface area contributed by atoms with E-state index in [4.69, 9.17) is 9.26 Å². The molecule has 0 saturated heterocycles. The third kappa shape index (κ3) is 0.896. The van der Waals surface area contributed by atoms with Gasteiger partial charge in [0.25, 0.3) is 0 Å². The van der Waals surface area contributed by atoms with Crippen molar-refractivity contribution in [3.8, 4) is 5.95 Å². The van der Waals surface area contributed by atoms with Gasteiger partial charge in [-0.15, -0.1) is 0 Å². The van der Waals surface area contributed by atoms with E-state index in [9.17, 15) is 0 Å². The first-order chi connectivity index (χ1) is 4.25. The Bertz CT molecular complexity index is 205. The molecule has 0 spiro atoms. The summed E-state index contributed by atoms with van der Waals surface area (Å²) in [6.45, 7) is 3.78. The van der Waals surface area contributed by atoms with Crippen LogP contribution >= 0.6 is 0 Å². The van der Waals surface area contributed by atoms with Gasteiger partial charge in [0.2, 0.25) is 0 Å². The smallest absolute Gasteiger partial charge is 0.314 e. The van der Waals surface area contributed by atoms with E-state index >= 15 is 0 Å². The van der Waals surface area contributed by atoms with Crippen LogP contribution in [0.4, 0.5) is 0 Å². The molecule has 50 valence electrons. The van der Waals surface area contributed by atoms with E-state index in [1.54, 1.807) is 7.11 Å². The molecule has 1 rings (SSSR count). The van der Waals surface area contributed by atoms with Gasteiger partial charge < -0.3 is 9.26 Å². The number of hydrogen-bond acceptors (Lipinski definition) is 3. The van der Waals surface area contributed by atoms with Gasteiger partial charge in [-0.25, -0.2) is 0 Å². The van der Waals surface area contributed by atoms with Crippen LogP contribution in [0.5, 0.6) is 5.95 Å². The lowest BCUT2D eigenvalue weighted by atomic mass is 10.3. The number of aryl methyl sites for hydroxylation is 1. The van der Waals surface area contributed by atoms with Crippen molar-refractivity contribution in [3.63, 3.8) is 0 Å². The third-order valence-electron chi connectivity index (χ3n) is 1.30. The van der Waals surface area contributed by atoms with Gasteiger partial charge in [-0.3, -0.25) is 0 Å². The van der Waals surface area contributed by atoms with Crippen LogP contribution < -0.4 is 4.74 Å². The number of ether oxygens (including phenoxy) is 1. The van der Waals surface area contributed by atoms with Gasteiger partial charge in [0, 0.05) is 0 Å². The minimum Gasteiger partial charge on any atom is -0.467 e. The molecule has 1 aromatic rings. The Hall–Kier alpha value is -0.990. The molecule has 3 heteroatoms. The summed E-state index contributed by atoms with van der Waals surface area (Å²) in [7, 11) is 1.56. The molecule has 0 aliphatic carbocycles. The van der Waals surface area contributed by atoms with Crippen molar-refractivity contribution in [2.45, 2.75) is 13.8 Å². The van der Waals surface area contributed by atoms with Crippen molar-refractivity contribution in [1.82, 2.24) is 5.16 Å². The monoisotopic (exact) mass is 127 g/mol. The number of hydrogen-bond donors (Lipinski definition) is 0. The first-order valence-electron chi connectivity index (χ1n) is 2.72. The van der Waals surface area contributed by atoms with Crippen molar-refractivity contribution in [3.05, 3.63) is 11.3 Å². The van der Waals surface area contributed by atoms with Crippen LogP contribution in [0, 0.1) is 13.8 Å². The van der Waals surface area contributed by atoms with Crippen LogP contribution in [0.1, 0.15) is 11.3 Å². The van der Waals surface area contributed by atoms with Crippen LogP contribution in [0.15, 0.2) is 4.52 Å². The van der Waals surface area contributed by atoms with Gasteiger partial charge >= 0.3 is 5.95 Å². The number of nitrogens with zero attached hydrogens (tertiary/aromatic N) is 1. The predicted octanol–water partition coefficient (Wildman–Crippen LogP) is 1.30. The van der Waals surface area contributed by atoms with E-state index in [0.717, 1.165) is 11.3 Å². The second-order valence-electron chi connectivity index (χ2n) is 1.88. The van der Waals surface area contributed by atoms with Gasteiger partial charge in [0.15, 0.2) is 0 Å². The summed E-state index contributed by atoms with van der Waals surface area (Å²) in [6, 6.07) is 0. The Balaban J connectivity index is 3.04. The number of rotatable bonds is 1. The van der Waals surface area contributed by atoms with Crippen molar-refractivity contribution in [2.24, 2.45) is 0 Å². The average molecular weight is 127 g/mol. The summed E-state index contributed by atoms with van der Waals surface area (Å²) >= 11 is 0. The quantitative estimate of drug-likeness (QED) is 0.570. The standard InChI is InChI=1S/C6H9NO2/c1-4-5(2)7-9-6(4)8-3/h1-3H3. The maximum absolute atomic E-state index is 4.84. The van der Waals surface area contributed by atoms with E-state index < -0.39 is 0 Å². The topological polar surface area (TPSA) is 35.3 Å². The second-order valence-corrected chi connectivity index (χ2v) is 1.88. The van der Waals surface area contributed by atoms with Gasteiger partial charge in [0.1, 0.15) is 0 Å². The molecule has 1 aromatic heterocycles. The van der Waals surface area contributed by atoms with E-state index in [0.29, 0.717) is 5.95 Å². The lowest BCUT2D eigenvalue weighted by Crippen LogP contribution is -1.81. The lowest BCUT2D eigenvalue weighted by Gasteiger charge is -1.89. The van der Waals surface area contributed by atoms with Crippen molar-refractivity contribution in [2.75, 3.05) is 7.11 Å². The molecule has 0 fully saturated rings. The van der Waals surface area contributed by atoms with Crippen molar-refractivity contribution in [1.29, 1.82) is 0 Å². The third-order valence-corrected chi connectivity index (χ3v) is 1.30. The van der Waals surface area contributed by atoms with Crippen LogP contribution in [0.25, 0.3) is 0 Å². The molecule has 0 saturated carbocycles. The fourth-order valence-corrected chi connectivity index (χ4v) is 0.585. The Labute approximate surface area is 53.6 Å². The highest BCUT2D eigenvalue weighted by molar-refractivity contribution is 5.24. The molecule has 0 bridgehead atoms. The summed E-state index contributed by atoms with van der Waals surface area (Å²) in [6.07, 6.45) is 0. The normalized spacial score (nSPS) is 9.67. The molecule has 0 aliphatic rings. The molecule has 0 radical (unpaired) electrons. The van der Waals surface area contributed by atoms with Crippen molar-refractivity contribution < 1.29 is 9.26 Å². The van der Waals surface area contributed by atoms with Crippen LogP contribution in [0.2, 0.25) is 0 Å². The van der Waals surface area contributed by atoms with E-state index in [2.05, 4.69) is 5.16 Å². The Kier molecular flexibility index (Phi) is 1.42. The number of methoxy groups -OCH3 is 1. The molecule has 0 unspecified atom stereocenters. The van der Waals surface area contributed by atoms with E-state index in [1.807, 2.05) is 13.8 Å². The summed E-state index contributed by atoms with van der Waals surface area (Å²) < 4.78 is 9.61. The molecule has 0 N–H and O–H groups in total. The van der Waals surface area contributed by atoms with Crippen LogP contribution in [-0.4, -0.2) is 12.3 Å². The first-order valence-corrected chi connectivity index (χ1v) is 2.72. The highest BCUT2D eigenvalue weighted by Gasteiger charge is 2.05. The number of aromatic nitrogens is 1. The fourth-order valence-electron chi connectivity index (χ4n) is 0.585. The molecular weight excluding hydrogens is 118 g/mol. The minimum atomic E-state index is 0.507. The summed E-state index contributed by atoms with van der Waals surface area (Å²) in [5, 5.41) is 3.69. The zero-order chi connectivity index (χ0) is 6.85. The molecule has 0 aromatic carbocycles. The largest absolute Gasteiger partial charge is 0.467 e. The summed E-state index contributed by atoms with van der Waals surface area (Å²) in [4.78, 5) is 0. The summed E-state index contributed by atoms with van der Waals surface area (Å²) in [5.74, 6) is 0.507. The molecule has 9 heavy (non-hydrogen) atoms. The molecular formula is C6H9NO2. The Morgan fingerprint density at radius 1 is 1.44 bits per heavy atom. The Morgan fingerprint density at radius 2 is 2.11 bits per heavy atom. The summed E-state index contributed by atoms with van der Waals surface area (Å²) in [5.41, 5.74) is 1.85. The molecule has 3 nitrogen and oxygen atoms in total. The van der Waals surface area contributed by atoms with Gasteiger partial charge in [-0.2, -0.15) is 0 Å². The molecule has 0 amide bonds. The first kappa shape index (κ1) is 6.13.